The molecule has 2 N–H and O–H groups in total. The number of hydrogen-bond acceptors (Lipinski definition) is 6. The molecular formula is C17H26N6O. The molecule has 1 saturated heterocycles. The van der Waals surface area contributed by atoms with E-state index in [0.29, 0.717) is 12.5 Å². The van der Waals surface area contributed by atoms with Crippen molar-refractivity contribution in [1.29, 1.82) is 0 Å². The van der Waals surface area contributed by atoms with Crippen LogP contribution in [0, 0.1) is 0 Å². The number of aromatic nitrogens is 4. The fraction of sp³-hybridized carbons (Fsp3) is 0.588. The van der Waals surface area contributed by atoms with E-state index in [1.54, 1.807) is 6.33 Å². The van der Waals surface area contributed by atoms with Crippen LogP contribution in [0.1, 0.15) is 43.9 Å². The van der Waals surface area contributed by atoms with Gasteiger partial charge in [-0.05, 0) is 18.8 Å². The second kappa shape index (κ2) is 7.17. The molecule has 3 rings (SSSR count). The van der Waals surface area contributed by atoms with Crippen molar-refractivity contribution in [2.24, 2.45) is 7.05 Å². The third kappa shape index (κ3) is 3.51. The molecule has 2 aromatic heterocycles. The average molecular weight is 330 g/mol. The van der Waals surface area contributed by atoms with Gasteiger partial charge in [-0.1, -0.05) is 13.8 Å². The van der Waals surface area contributed by atoms with E-state index in [1.165, 1.54) is 5.56 Å². The zero-order valence-corrected chi connectivity index (χ0v) is 14.6. The highest BCUT2D eigenvalue weighted by Crippen LogP contribution is 2.25. The molecule has 0 aromatic carbocycles. The van der Waals surface area contributed by atoms with Gasteiger partial charge in [-0.25, -0.2) is 9.97 Å². The van der Waals surface area contributed by atoms with Gasteiger partial charge in [0.05, 0.1) is 18.3 Å². The predicted molar refractivity (Wildman–Crippen MR) is 94.1 cm³/mol. The van der Waals surface area contributed by atoms with Gasteiger partial charge in [0.1, 0.15) is 18.0 Å². The highest BCUT2D eigenvalue weighted by atomic mass is 16.3. The van der Waals surface area contributed by atoms with Gasteiger partial charge in [0.25, 0.3) is 0 Å². The van der Waals surface area contributed by atoms with Crippen molar-refractivity contribution >= 4 is 11.6 Å². The normalized spacial score (nSPS) is 17.7. The Kier molecular flexibility index (Phi) is 4.99. The summed E-state index contributed by atoms with van der Waals surface area (Å²) in [6.45, 7) is 6.08. The van der Waals surface area contributed by atoms with Gasteiger partial charge in [0.15, 0.2) is 0 Å². The SMILES string of the molecule is CC(C)c1nn(C)cc1CNc1cc(N2CCCC2CO)ncn1. The molecule has 0 saturated carbocycles. The second-order valence-corrected chi connectivity index (χ2v) is 6.65. The lowest BCUT2D eigenvalue weighted by Crippen LogP contribution is -2.32. The largest absolute Gasteiger partial charge is 0.394 e. The Morgan fingerprint density at radius 1 is 1.38 bits per heavy atom. The van der Waals surface area contributed by atoms with Crippen molar-refractivity contribution in [2.75, 3.05) is 23.4 Å². The Balaban J connectivity index is 1.71. The van der Waals surface area contributed by atoms with Crippen molar-refractivity contribution in [3.05, 3.63) is 29.8 Å². The van der Waals surface area contributed by atoms with E-state index in [4.69, 9.17) is 0 Å². The summed E-state index contributed by atoms with van der Waals surface area (Å²) in [5.74, 6) is 2.06. The number of aliphatic hydroxyl groups excluding tert-OH is 1. The topological polar surface area (TPSA) is 79.1 Å². The van der Waals surface area contributed by atoms with E-state index in [-0.39, 0.29) is 12.6 Å². The number of nitrogens with one attached hydrogen (secondary N) is 1. The van der Waals surface area contributed by atoms with Gasteiger partial charge in [-0.3, -0.25) is 4.68 Å². The summed E-state index contributed by atoms with van der Waals surface area (Å²) < 4.78 is 1.85. The molecule has 24 heavy (non-hydrogen) atoms. The molecule has 3 heterocycles. The first-order chi connectivity index (χ1) is 11.6. The van der Waals surface area contributed by atoms with Crippen LogP contribution >= 0.6 is 0 Å². The summed E-state index contributed by atoms with van der Waals surface area (Å²) in [6.07, 6.45) is 5.73. The summed E-state index contributed by atoms with van der Waals surface area (Å²) in [6, 6.07) is 2.12. The molecule has 0 aliphatic carbocycles. The average Bonchev–Trinajstić information content (AvgIpc) is 3.19. The van der Waals surface area contributed by atoms with Crippen LogP contribution in [0.5, 0.6) is 0 Å². The van der Waals surface area contributed by atoms with Crippen LogP contribution in [0.3, 0.4) is 0 Å². The molecule has 0 amide bonds. The molecule has 0 spiro atoms. The van der Waals surface area contributed by atoms with Crippen LogP contribution < -0.4 is 10.2 Å². The molecule has 1 aliphatic rings. The first-order valence-corrected chi connectivity index (χ1v) is 8.54. The molecule has 1 aliphatic heterocycles. The monoisotopic (exact) mass is 330 g/mol. The molecule has 7 heteroatoms. The summed E-state index contributed by atoms with van der Waals surface area (Å²) in [4.78, 5) is 10.9. The molecule has 0 bridgehead atoms. The minimum atomic E-state index is 0.165. The zero-order valence-electron chi connectivity index (χ0n) is 14.6. The van der Waals surface area contributed by atoms with E-state index in [0.717, 1.165) is 36.7 Å². The van der Waals surface area contributed by atoms with Gasteiger partial charge in [0.2, 0.25) is 0 Å². The lowest BCUT2D eigenvalue weighted by molar-refractivity contribution is 0.266. The third-order valence-electron chi connectivity index (χ3n) is 4.48. The maximum absolute atomic E-state index is 9.49. The number of anilines is 2. The lowest BCUT2D eigenvalue weighted by Gasteiger charge is -2.24. The Bertz CT molecular complexity index is 683. The number of rotatable bonds is 6. The summed E-state index contributed by atoms with van der Waals surface area (Å²) in [7, 11) is 1.95. The van der Waals surface area contributed by atoms with Crippen LogP contribution in [0.2, 0.25) is 0 Å². The van der Waals surface area contributed by atoms with Crippen molar-refractivity contribution in [3.63, 3.8) is 0 Å². The molecule has 1 unspecified atom stereocenters. The van der Waals surface area contributed by atoms with Gasteiger partial charge in [0, 0.05) is 38.0 Å². The first kappa shape index (κ1) is 16.7. The maximum Gasteiger partial charge on any atom is 0.134 e. The molecule has 1 fully saturated rings. The highest BCUT2D eigenvalue weighted by Gasteiger charge is 2.25. The third-order valence-corrected chi connectivity index (χ3v) is 4.48. The molecule has 1 atom stereocenters. The van der Waals surface area contributed by atoms with E-state index in [9.17, 15) is 5.11 Å². The van der Waals surface area contributed by atoms with Gasteiger partial charge in [-0.2, -0.15) is 5.10 Å². The first-order valence-electron chi connectivity index (χ1n) is 8.54. The van der Waals surface area contributed by atoms with Crippen LogP contribution in [-0.4, -0.2) is 44.0 Å². The standard InChI is InChI=1S/C17H26N6O/c1-12(2)17-13(9-22(3)21-17)8-18-15-7-16(20-11-19-15)23-6-4-5-14(23)10-24/h7,9,11-12,14,24H,4-6,8,10H2,1-3H3,(H,18,19,20). The molecule has 0 radical (unpaired) electrons. The summed E-state index contributed by atoms with van der Waals surface area (Å²) in [5.41, 5.74) is 2.29. The van der Waals surface area contributed by atoms with Crippen molar-refractivity contribution in [1.82, 2.24) is 19.7 Å². The quantitative estimate of drug-likeness (QED) is 0.842. The van der Waals surface area contributed by atoms with E-state index >= 15 is 0 Å². The van der Waals surface area contributed by atoms with Crippen LogP contribution in [0.4, 0.5) is 11.6 Å². The Hall–Kier alpha value is -2.15. The molecule has 2 aromatic rings. The minimum absolute atomic E-state index is 0.165. The van der Waals surface area contributed by atoms with E-state index in [2.05, 4.69) is 39.1 Å². The number of hydrogen-bond donors (Lipinski definition) is 2. The summed E-state index contributed by atoms with van der Waals surface area (Å²) in [5, 5.41) is 17.4. The second-order valence-electron chi connectivity index (χ2n) is 6.65. The molecular weight excluding hydrogens is 304 g/mol. The van der Waals surface area contributed by atoms with Crippen molar-refractivity contribution in [3.8, 4) is 0 Å². The lowest BCUT2D eigenvalue weighted by atomic mass is 10.1. The van der Waals surface area contributed by atoms with Gasteiger partial charge >= 0.3 is 0 Å². The fourth-order valence-corrected chi connectivity index (χ4v) is 3.29. The van der Waals surface area contributed by atoms with Crippen LogP contribution in [-0.2, 0) is 13.6 Å². The molecule has 7 nitrogen and oxygen atoms in total. The minimum Gasteiger partial charge on any atom is -0.394 e. The highest BCUT2D eigenvalue weighted by molar-refractivity contribution is 5.50. The van der Waals surface area contributed by atoms with Crippen LogP contribution in [0.15, 0.2) is 18.6 Å². The van der Waals surface area contributed by atoms with Gasteiger partial charge < -0.3 is 15.3 Å². The predicted octanol–water partition coefficient (Wildman–Crippen LogP) is 1.91. The van der Waals surface area contributed by atoms with Crippen molar-refractivity contribution in [2.45, 2.75) is 45.2 Å². The van der Waals surface area contributed by atoms with E-state index < -0.39 is 0 Å². The zero-order chi connectivity index (χ0) is 17.1. The smallest absolute Gasteiger partial charge is 0.134 e. The Labute approximate surface area is 142 Å². The van der Waals surface area contributed by atoms with Crippen molar-refractivity contribution < 1.29 is 5.11 Å². The number of nitrogens with zero attached hydrogens (tertiary/aromatic N) is 5. The Morgan fingerprint density at radius 2 is 2.21 bits per heavy atom. The van der Waals surface area contributed by atoms with E-state index in [1.807, 2.05) is 24.0 Å². The van der Waals surface area contributed by atoms with Gasteiger partial charge in [-0.15, -0.1) is 0 Å². The Morgan fingerprint density at radius 3 is 2.96 bits per heavy atom. The maximum atomic E-state index is 9.49. The fourth-order valence-electron chi connectivity index (χ4n) is 3.29. The number of aryl methyl sites for hydroxylation is 1. The number of aliphatic hydroxyl groups is 1. The molecule has 130 valence electrons. The van der Waals surface area contributed by atoms with Crippen LogP contribution in [0.25, 0.3) is 0 Å². The summed E-state index contributed by atoms with van der Waals surface area (Å²) >= 11 is 0.